The first-order valence-corrected chi connectivity index (χ1v) is 7.30. The highest BCUT2D eigenvalue weighted by atomic mass is 32.1. The molecule has 100 valence electrons. The average Bonchev–Trinajstić information content (AvgIpc) is 2.82. The normalized spacial score (nSPS) is 21.3. The highest BCUT2D eigenvalue weighted by Gasteiger charge is 2.52. The highest BCUT2D eigenvalue weighted by molar-refractivity contribution is 7.21. The van der Waals surface area contributed by atoms with Gasteiger partial charge in [0, 0.05) is 29.4 Å². The molecule has 1 aromatic heterocycles. The van der Waals surface area contributed by atoms with Crippen molar-refractivity contribution in [3.05, 3.63) is 11.4 Å². The van der Waals surface area contributed by atoms with E-state index in [0.29, 0.717) is 0 Å². The van der Waals surface area contributed by atoms with Crippen molar-refractivity contribution in [2.24, 2.45) is 0 Å². The van der Waals surface area contributed by atoms with Crippen molar-refractivity contribution < 1.29 is 9.31 Å². The van der Waals surface area contributed by atoms with E-state index in [1.54, 1.807) is 11.3 Å². The van der Waals surface area contributed by atoms with Crippen LogP contribution in [0.15, 0.2) is 11.4 Å². The average molecular weight is 267 g/mol. The van der Waals surface area contributed by atoms with Gasteiger partial charge in [0.1, 0.15) is 0 Å². The second kappa shape index (κ2) is 4.55. The molecule has 0 radical (unpaired) electrons. The molecule has 1 aromatic rings. The molecule has 1 saturated heterocycles. The van der Waals surface area contributed by atoms with Gasteiger partial charge in [0.05, 0.1) is 11.2 Å². The number of thiophene rings is 1. The second-order valence-corrected chi connectivity index (χ2v) is 6.75. The van der Waals surface area contributed by atoms with E-state index in [0.717, 1.165) is 11.3 Å². The Hall–Kier alpha value is -0.515. The fraction of sp³-hybridized carbons (Fsp3) is 0.692. The fourth-order valence-electron chi connectivity index (χ4n) is 1.81. The Morgan fingerprint density at radius 1 is 1.22 bits per heavy atom. The molecule has 3 nitrogen and oxygen atoms in total. The molecule has 0 aliphatic carbocycles. The van der Waals surface area contributed by atoms with Crippen molar-refractivity contribution in [2.75, 3.05) is 18.5 Å². The van der Waals surface area contributed by atoms with Gasteiger partial charge in [-0.1, -0.05) is 0 Å². The maximum atomic E-state index is 6.05. The van der Waals surface area contributed by atoms with Crippen LogP contribution in [-0.4, -0.2) is 31.9 Å². The Kier molecular flexibility index (Phi) is 3.51. The summed E-state index contributed by atoms with van der Waals surface area (Å²) in [6, 6.07) is 2.16. The molecule has 0 amide bonds. The molecule has 2 rings (SSSR count). The van der Waals surface area contributed by atoms with E-state index in [1.807, 2.05) is 0 Å². The molecule has 0 saturated carbocycles. The summed E-state index contributed by atoms with van der Waals surface area (Å²) in [4.78, 5) is 2.21. The maximum absolute atomic E-state index is 6.05. The molecule has 5 heteroatoms. The topological polar surface area (TPSA) is 21.7 Å². The van der Waals surface area contributed by atoms with Gasteiger partial charge in [0.25, 0.3) is 0 Å². The predicted molar refractivity (Wildman–Crippen MR) is 79.0 cm³/mol. The van der Waals surface area contributed by atoms with Crippen LogP contribution < -0.4 is 9.68 Å². The van der Waals surface area contributed by atoms with E-state index < -0.39 is 0 Å². The van der Waals surface area contributed by atoms with Crippen LogP contribution in [0.2, 0.25) is 0 Å². The molecule has 2 heterocycles. The van der Waals surface area contributed by atoms with E-state index in [2.05, 4.69) is 58.0 Å². The first-order chi connectivity index (χ1) is 8.27. The molecule has 18 heavy (non-hydrogen) atoms. The Labute approximate surface area is 114 Å². The van der Waals surface area contributed by atoms with Gasteiger partial charge in [-0.3, -0.25) is 0 Å². The smallest absolute Gasteiger partial charge is 0.399 e. The van der Waals surface area contributed by atoms with Crippen LogP contribution in [0.3, 0.4) is 0 Å². The minimum atomic E-state index is -0.265. The lowest BCUT2D eigenvalue weighted by Crippen LogP contribution is -2.41. The Balaban J connectivity index is 2.17. The largest absolute Gasteiger partial charge is 0.505 e. The van der Waals surface area contributed by atoms with Gasteiger partial charge in [-0.25, -0.2) is 0 Å². The van der Waals surface area contributed by atoms with Crippen LogP contribution in [0.25, 0.3) is 0 Å². The number of hydrogen-bond acceptors (Lipinski definition) is 4. The number of hydrogen-bond donors (Lipinski definition) is 0. The number of anilines is 1. The minimum Gasteiger partial charge on any atom is -0.399 e. The third-order valence-corrected chi connectivity index (χ3v) is 4.95. The fourth-order valence-corrected chi connectivity index (χ4v) is 2.71. The van der Waals surface area contributed by atoms with Crippen molar-refractivity contribution in [3.63, 3.8) is 0 Å². The lowest BCUT2D eigenvalue weighted by molar-refractivity contribution is 0.00578. The summed E-state index contributed by atoms with van der Waals surface area (Å²) in [5.74, 6) is 0. The molecular weight excluding hydrogens is 245 g/mol. The lowest BCUT2D eigenvalue weighted by Gasteiger charge is -2.32. The minimum absolute atomic E-state index is 0.237. The van der Waals surface area contributed by atoms with Crippen LogP contribution in [0.4, 0.5) is 5.69 Å². The molecule has 0 N–H and O–H groups in total. The third kappa shape index (κ3) is 2.31. The molecule has 1 aliphatic heterocycles. The summed E-state index contributed by atoms with van der Waals surface area (Å²) in [5.41, 5.74) is 0.698. The van der Waals surface area contributed by atoms with Crippen LogP contribution >= 0.6 is 11.3 Å². The standard InChI is InChI=1S/C13H22BNO2S/c1-7-15(6)10-8-11(18-9-10)14-16-12(2,3)13(4,5)17-14/h8-9H,7H2,1-6H3. The van der Waals surface area contributed by atoms with Gasteiger partial charge in [0.2, 0.25) is 0 Å². The Morgan fingerprint density at radius 3 is 2.28 bits per heavy atom. The van der Waals surface area contributed by atoms with Gasteiger partial charge >= 0.3 is 7.12 Å². The summed E-state index contributed by atoms with van der Waals surface area (Å²) < 4.78 is 13.2. The molecule has 0 atom stereocenters. The van der Waals surface area contributed by atoms with Gasteiger partial charge < -0.3 is 14.2 Å². The van der Waals surface area contributed by atoms with Gasteiger partial charge in [0.15, 0.2) is 0 Å². The zero-order valence-corrected chi connectivity index (χ0v) is 12.9. The van der Waals surface area contributed by atoms with Crippen LogP contribution in [0, 0.1) is 0 Å². The quantitative estimate of drug-likeness (QED) is 0.785. The zero-order chi connectivity index (χ0) is 13.6. The van der Waals surface area contributed by atoms with Crippen molar-refractivity contribution in [2.45, 2.75) is 45.8 Å². The van der Waals surface area contributed by atoms with E-state index in [9.17, 15) is 0 Å². The van der Waals surface area contributed by atoms with E-state index >= 15 is 0 Å². The first kappa shape index (κ1) is 13.9. The molecule has 1 aliphatic rings. The predicted octanol–water partition coefficient (Wildman–Crippen LogP) is 2.50. The molecule has 0 unspecified atom stereocenters. The molecule has 0 bridgehead atoms. The maximum Gasteiger partial charge on any atom is 0.505 e. The number of rotatable bonds is 3. The molecular formula is C13H22BNO2S. The molecule has 1 fully saturated rings. The van der Waals surface area contributed by atoms with E-state index in [-0.39, 0.29) is 18.3 Å². The second-order valence-electron chi connectivity index (χ2n) is 5.81. The van der Waals surface area contributed by atoms with Crippen molar-refractivity contribution in [1.29, 1.82) is 0 Å². The highest BCUT2D eigenvalue weighted by Crippen LogP contribution is 2.37. The number of nitrogens with zero attached hydrogens (tertiary/aromatic N) is 1. The third-order valence-electron chi connectivity index (χ3n) is 4.01. The van der Waals surface area contributed by atoms with Crippen LogP contribution in [0.1, 0.15) is 34.6 Å². The zero-order valence-electron chi connectivity index (χ0n) is 12.1. The summed E-state index contributed by atoms with van der Waals surface area (Å²) >= 11 is 1.70. The van der Waals surface area contributed by atoms with Crippen molar-refractivity contribution in [1.82, 2.24) is 0 Å². The van der Waals surface area contributed by atoms with Gasteiger partial charge in [-0.2, -0.15) is 11.3 Å². The Bertz CT molecular complexity index is 414. The first-order valence-electron chi connectivity index (χ1n) is 6.42. The van der Waals surface area contributed by atoms with Crippen LogP contribution in [0.5, 0.6) is 0 Å². The summed E-state index contributed by atoms with van der Waals surface area (Å²) in [6.07, 6.45) is 0. The van der Waals surface area contributed by atoms with E-state index in [1.165, 1.54) is 5.69 Å². The molecule has 0 spiro atoms. The summed E-state index contributed by atoms with van der Waals surface area (Å²) in [7, 11) is 1.86. The van der Waals surface area contributed by atoms with Crippen molar-refractivity contribution in [3.8, 4) is 0 Å². The molecule has 0 aromatic carbocycles. The lowest BCUT2D eigenvalue weighted by atomic mass is 9.88. The summed E-state index contributed by atoms with van der Waals surface area (Å²) in [5, 5.41) is 2.16. The monoisotopic (exact) mass is 267 g/mol. The van der Waals surface area contributed by atoms with Crippen molar-refractivity contribution >= 4 is 28.9 Å². The Morgan fingerprint density at radius 2 is 1.78 bits per heavy atom. The summed E-state index contributed by atoms with van der Waals surface area (Å²) in [6.45, 7) is 11.5. The van der Waals surface area contributed by atoms with Gasteiger partial charge in [-0.05, 0) is 40.7 Å². The van der Waals surface area contributed by atoms with Gasteiger partial charge in [-0.15, -0.1) is 0 Å². The SMILES string of the molecule is CCN(C)c1csc(B2OC(C)(C)C(C)(C)O2)c1. The van der Waals surface area contributed by atoms with Crippen LogP contribution in [-0.2, 0) is 9.31 Å². The van der Waals surface area contributed by atoms with E-state index in [4.69, 9.17) is 9.31 Å².